The van der Waals surface area contributed by atoms with Crippen molar-refractivity contribution in [1.29, 1.82) is 0 Å². The lowest BCUT2D eigenvalue weighted by molar-refractivity contribution is -0.119. The first-order valence-electron chi connectivity index (χ1n) is 3.95. The van der Waals surface area contributed by atoms with Crippen molar-refractivity contribution in [3.8, 4) is 0 Å². The van der Waals surface area contributed by atoms with Crippen molar-refractivity contribution in [2.24, 2.45) is 5.92 Å². The van der Waals surface area contributed by atoms with Crippen molar-refractivity contribution < 1.29 is 14.6 Å². The maximum absolute atomic E-state index is 10.2. The summed E-state index contributed by atoms with van der Waals surface area (Å²) in [5.41, 5.74) is 0. The second-order valence-electron chi connectivity index (χ2n) is 3.00. The highest BCUT2D eigenvalue weighted by Crippen LogP contribution is 2.29. The minimum Gasteiger partial charge on any atom is -0.385 e. The molecule has 1 aliphatic carbocycles. The highest BCUT2D eigenvalue weighted by Gasteiger charge is 2.32. The fourth-order valence-electron chi connectivity index (χ4n) is 1.74. The summed E-state index contributed by atoms with van der Waals surface area (Å²) in [6.45, 7) is 0. The average molecular weight is 158 g/mol. The van der Waals surface area contributed by atoms with Gasteiger partial charge >= 0.3 is 0 Å². The molecular formula is C8H14O3. The summed E-state index contributed by atoms with van der Waals surface area (Å²) in [6.07, 6.45) is 2.76. The molecule has 1 N–H and O–H groups in total. The van der Waals surface area contributed by atoms with Crippen molar-refractivity contribution >= 4 is 6.29 Å². The van der Waals surface area contributed by atoms with E-state index in [2.05, 4.69) is 0 Å². The summed E-state index contributed by atoms with van der Waals surface area (Å²) in [5, 5.41) is 9.21. The summed E-state index contributed by atoms with van der Waals surface area (Å²) in [6, 6.07) is 0. The number of carbonyl (C=O) groups excluding carboxylic acids is 1. The van der Waals surface area contributed by atoms with Crippen LogP contribution in [0.1, 0.15) is 19.3 Å². The van der Waals surface area contributed by atoms with Gasteiger partial charge in [0.05, 0.1) is 6.10 Å². The molecule has 0 aromatic carbocycles. The van der Waals surface area contributed by atoms with E-state index in [1.807, 2.05) is 0 Å². The molecule has 3 heteroatoms. The third-order valence-electron chi connectivity index (χ3n) is 2.38. The van der Waals surface area contributed by atoms with E-state index in [0.717, 1.165) is 19.3 Å². The third kappa shape index (κ3) is 1.79. The number of carbonyl (C=O) groups is 1. The summed E-state index contributed by atoms with van der Waals surface area (Å²) in [4.78, 5) is 10.2. The third-order valence-corrected chi connectivity index (χ3v) is 2.38. The van der Waals surface area contributed by atoms with Crippen LogP contribution in [0.25, 0.3) is 0 Å². The van der Waals surface area contributed by atoms with Crippen LogP contribution in [0.3, 0.4) is 0 Å². The molecule has 0 amide bonds. The highest BCUT2D eigenvalue weighted by molar-refractivity contribution is 5.56. The molecule has 64 valence electrons. The van der Waals surface area contributed by atoms with Crippen LogP contribution in [0.2, 0.25) is 0 Å². The quantitative estimate of drug-likeness (QED) is 0.603. The number of aliphatic hydroxyl groups excluding tert-OH is 1. The molecule has 0 bridgehead atoms. The van der Waals surface area contributed by atoms with E-state index in [1.165, 1.54) is 0 Å². The summed E-state index contributed by atoms with van der Waals surface area (Å²) >= 11 is 0. The predicted octanol–water partition coefficient (Wildman–Crippen LogP) is 0.361. The second-order valence-corrected chi connectivity index (χ2v) is 3.00. The maximum atomic E-state index is 10.2. The fraction of sp³-hybridized carbons (Fsp3) is 0.875. The topological polar surface area (TPSA) is 46.5 Å². The van der Waals surface area contributed by atoms with Crippen molar-refractivity contribution in [3.05, 3.63) is 0 Å². The molecule has 11 heavy (non-hydrogen) atoms. The molecule has 0 aliphatic heterocycles. The Morgan fingerprint density at radius 1 is 1.64 bits per heavy atom. The molecule has 0 heterocycles. The Morgan fingerprint density at radius 2 is 2.36 bits per heavy atom. The minimum atomic E-state index is -0.831. The van der Waals surface area contributed by atoms with E-state index in [1.54, 1.807) is 7.11 Å². The zero-order valence-corrected chi connectivity index (χ0v) is 6.69. The first-order chi connectivity index (χ1) is 5.29. The molecule has 3 nitrogen and oxygen atoms in total. The molecule has 3 atom stereocenters. The van der Waals surface area contributed by atoms with E-state index in [4.69, 9.17) is 4.74 Å². The van der Waals surface area contributed by atoms with Crippen molar-refractivity contribution in [2.75, 3.05) is 7.11 Å². The monoisotopic (exact) mass is 158 g/mol. The van der Waals surface area contributed by atoms with Crippen LogP contribution in [0, 0.1) is 5.92 Å². The summed E-state index contributed by atoms with van der Waals surface area (Å²) in [5.74, 6) is 0.0255. The Hall–Kier alpha value is -0.410. The van der Waals surface area contributed by atoms with E-state index in [0.29, 0.717) is 6.29 Å². The summed E-state index contributed by atoms with van der Waals surface area (Å²) < 4.78 is 5.13. The lowest BCUT2D eigenvalue weighted by Crippen LogP contribution is -2.29. The van der Waals surface area contributed by atoms with Gasteiger partial charge in [-0.3, -0.25) is 0 Å². The van der Waals surface area contributed by atoms with E-state index >= 15 is 0 Å². The van der Waals surface area contributed by atoms with Gasteiger partial charge in [-0.05, 0) is 12.8 Å². The molecule has 1 fully saturated rings. The van der Waals surface area contributed by atoms with E-state index in [9.17, 15) is 9.90 Å². The van der Waals surface area contributed by atoms with Gasteiger partial charge in [0, 0.05) is 13.0 Å². The molecule has 0 radical (unpaired) electrons. The van der Waals surface area contributed by atoms with Crippen LogP contribution in [0.5, 0.6) is 0 Å². The standard InChI is InChI=1S/C8H14O3/c1-11-8-4-2-3-6(8)7(10)5-9/h5-8,10H,2-4H2,1H3. The van der Waals surface area contributed by atoms with Crippen LogP contribution in [0.4, 0.5) is 0 Å². The lowest BCUT2D eigenvalue weighted by atomic mass is 10.00. The molecule has 1 rings (SSSR count). The molecule has 1 aliphatic rings. The molecule has 1 saturated carbocycles. The van der Waals surface area contributed by atoms with Crippen molar-refractivity contribution in [3.63, 3.8) is 0 Å². The van der Waals surface area contributed by atoms with Crippen LogP contribution in [-0.2, 0) is 9.53 Å². The van der Waals surface area contributed by atoms with Gasteiger partial charge in [-0.15, -0.1) is 0 Å². The van der Waals surface area contributed by atoms with Crippen LogP contribution in [-0.4, -0.2) is 30.7 Å². The van der Waals surface area contributed by atoms with Gasteiger partial charge in [0.25, 0.3) is 0 Å². The van der Waals surface area contributed by atoms with Gasteiger partial charge in [0.15, 0.2) is 0 Å². The van der Waals surface area contributed by atoms with Gasteiger partial charge in [-0.25, -0.2) is 0 Å². The largest absolute Gasteiger partial charge is 0.385 e. The molecule has 3 unspecified atom stereocenters. The first kappa shape index (κ1) is 8.68. The number of ether oxygens (including phenoxy) is 1. The Labute approximate surface area is 66.4 Å². The number of aliphatic hydroxyl groups is 1. The number of aldehydes is 1. The Bertz CT molecular complexity index is 135. The number of hydrogen-bond acceptors (Lipinski definition) is 3. The predicted molar refractivity (Wildman–Crippen MR) is 40.2 cm³/mol. The van der Waals surface area contributed by atoms with Crippen LogP contribution < -0.4 is 0 Å². The zero-order chi connectivity index (χ0) is 8.27. The Balaban J connectivity index is 2.48. The number of rotatable bonds is 3. The fourth-order valence-corrected chi connectivity index (χ4v) is 1.74. The minimum absolute atomic E-state index is 0.0255. The molecule has 0 aromatic rings. The van der Waals surface area contributed by atoms with Gasteiger partial charge in [0.2, 0.25) is 0 Å². The smallest absolute Gasteiger partial charge is 0.148 e. The van der Waals surface area contributed by atoms with Crippen molar-refractivity contribution in [2.45, 2.75) is 31.5 Å². The normalized spacial score (nSPS) is 33.6. The van der Waals surface area contributed by atoms with Gasteiger partial charge in [-0.2, -0.15) is 0 Å². The molecule has 0 aromatic heterocycles. The number of hydrogen-bond donors (Lipinski definition) is 1. The lowest BCUT2D eigenvalue weighted by Gasteiger charge is -2.19. The Kier molecular flexibility index (Phi) is 3.02. The molecule has 0 saturated heterocycles. The average Bonchev–Trinajstić information content (AvgIpc) is 2.50. The highest BCUT2D eigenvalue weighted by atomic mass is 16.5. The second kappa shape index (κ2) is 3.83. The molecule has 0 spiro atoms. The van der Waals surface area contributed by atoms with Gasteiger partial charge in [-0.1, -0.05) is 6.42 Å². The van der Waals surface area contributed by atoms with Crippen molar-refractivity contribution in [1.82, 2.24) is 0 Å². The van der Waals surface area contributed by atoms with Crippen LogP contribution in [0.15, 0.2) is 0 Å². The van der Waals surface area contributed by atoms with Crippen LogP contribution >= 0.6 is 0 Å². The zero-order valence-electron chi connectivity index (χ0n) is 6.69. The number of methoxy groups -OCH3 is 1. The van der Waals surface area contributed by atoms with E-state index < -0.39 is 6.10 Å². The summed E-state index contributed by atoms with van der Waals surface area (Å²) in [7, 11) is 1.63. The molecular weight excluding hydrogens is 144 g/mol. The maximum Gasteiger partial charge on any atom is 0.148 e. The SMILES string of the molecule is COC1CCCC1C(O)C=O. The van der Waals surface area contributed by atoms with Gasteiger partial charge in [0.1, 0.15) is 12.4 Å². The first-order valence-corrected chi connectivity index (χ1v) is 3.95. The van der Waals surface area contributed by atoms with E-state index in [-0.39, 0.29) is 12.0 Å². The van der Waals surface area contributed by atoms with Gasteiger partial charge < -0.3 is 14.6 Å². The Morgan fingerprint density at radius 3 is 2.91 bits per heavy atom.